The van der Waals surface area contributed by atoms with Gasteiger partial charge >= 0.3 is 12.1 Å². The molecule has 0 amide bonds. The third-order valence-electron chi connectivity index (χ3n) is 4.34. The fourth-order valence-corrected chi connectivity index (χ4v) is 3.29. The fraction of sp³-hybridized carbons (Fsp3) is 0.211. The van der Waals surface area contributed by atoms with Crippen LogP contribution in [0.15, 0.2) is 42.5 Å². The Morgan fingerprint density at radius 2 is 1.92 bits per heavy atom. The number of aliphatic carboxylic acids is 1. The number of rotatable bonds is 4. The minimum Gasteiger partial charge on any atom is -0.481 e. The van der Waals surface area contributed by atoms with Crippen molar-refractivity contribution in [3.8, 4) is 0 Å². The van der Waals surface area contributed by atoms with Crippen LogP contribution in [0.1, 0.15) is 22.4 Å². The summed E-state index contributed by atoms with van der Waals surface area (Å²) in [5.41, 5.74) is 1.79. The second-order valence-electron chi connectivity index (χ2n) is 6.08. The number of carbonyl (C=O) groups is 1. The fourth-order valence-electron chi connectivity index (χ4n) is 3.13. The molecule has 0 aliphatic rings. The lowest BCUT2D eigenvalue weighted by Gasteiger charge is -2.12. The monoisotopic (exact) mass is 381 g/mol. The lowest BCUT2D eigenvalue weighted by Crippen LogP contribution is -2.08. The summed E-state index contributed by atoms with van der Waals surface area (Å²) in [6.07, 6.45) is -4.58. The van der Waals surface area contributed by atoms with Crippen molar-refractivity contribution in [2.75, 3.05) is 0 Å². The molecule has 136 valence electrons. The Labute approximate surface area is 152 Å². The molecule has 7 heteroatoms. The van der Waals surface area contributed by atoms with Gasteiger partial charge in [-0.3, -0.25) is 4.79 Å². The highest BCUT2D eigenvalue weighted by Crippen LogP contribution is 2.32. The van der Waals surface area contributed by atoms with Gasteiger partial charge in [0.2, 0.25) is 0 Å². The van der Waals surface area contributed by atoms with E-state index in [2.05, 4.69) is 0 Å². The van der Waals surface area contributed by atoms with E-state index in [-0.39, 0.29) is 13.0 Å². The summed E-state index contributed by atoms with van der Waals surface area (Å²) < 4.78 is 40.7. The van der Waals surface area contributed by atoms with Crippen LogP contribution < -0.4 is 0 Å². The highest BCUT2D eigenvalue weighted by atomic mass is 35.5. The standard InChI is InChI=1S/C19H15ClF3NO2/c1-11-16(9-18(25)26)15-6-5-14(20)8-17(15)24(11)10-12-3-2-4-13(7-12)19(21,22)23/h2-8H,9-10H2,1H3,(H,25,26). The Balaban J connectivity index is 2.12. The number of aromatic nitrogens is 1. The number of alkyl halides is 3. The van der Waals surface area contributed by atoms with Crippen molar-refractivity contribution in [3.05, 3.63) is 69.9 Å². The topological polar surface area (TPSA) is 42.2 Å². The number of halogens is 4. The molecule has 0 spiro atoms. The average Bonchev–Trinajstić information content (AvgIpc) is 2.79. The number of carboxylic acids is 1. The first-order valence-electron chi connectivity index (χ1n) is 7.82. The van der Waals surface area contributed by atoms with Crippen molar-refractivity contribution in [2.24, 2.45) is 0 Å². The highest BCUT2D eigenvalue weighted by molar-refractivity contribution is 6.31. The molecule has 0 saturated carbocycles. The van der Waals surface area contributed by atoms with Gasteiger partial charge in [-0.15, -0.1) is 0 Å². The summed E-state index contributed by atoms with van der Waals surface area (Å²) in [5, 5.41) is 10.4. The van der Waals surface area contributed by atoms with E-state index in [0.717, 1.165) is 17.5 Å². The summed E-state index contributed by atoms with van der Waals surface area (Å²) >= 11 is 6.07. The minimum atomic E-state index is -4.42. The smallest absolute Gasteiger partial charge is 0.416 e. The van der Waals surface area contributed by atoms with Crippen LogP contribution in [-0.2, 0) is 23.9 Å². The number of fused-ring (bicyclic) bond motifs is 1. The number of hydrogen-bond donors (Lipinski definition) is 1. The highest BCUT2D eigenvalue weighted by Gasteiger charge is 2.30. The number of benzene rings is 2. The van der Waals surface area contributed by atoms with Gasteiger partial charge in [-0.05, 0) is 42.3 Å². The van der Waals surface area contributed by atoms with Gasteiger partial charge in [0.25, 0.3) is 0 Å². The van der Waals surface area contributed by atoms with Crippen molar-refractivity contribution in [1.82, 2.24) is 4.57 Å². The van der Waals surface area contributed by atoms with Crippen LogP contribution in [0.3, 0.4) is 0 Å². The van der Waals surface area contributed by atoms with Crippen LogP contribution in [0.2, 0.25) is 5.02 Å². The molecular formula is C19H15ClF3NO2. The van der Waals surface area contributed by atoms with E-state index in [1.54, 1.807) is 35.8 Å². The lowest BCUT2D eigenvalue weighted by atomic mass is 10.1. The normalized spacial score (nSPS) is 11.9. The Morgan fingerprint density at radius 1 is 1.19 bits per heavy atom. The van der Waals surface area contributed by atoms with Crippen LogP contribution in [0.25, 0.3) is 10.9 Å². The maximum Gasteiger partial charge on any atom is 0.416 e. The van der Waals surface area contributed by atoms with Gasteiger partial charge in [-0.25, -0.2) is 0 Å². The maximum absolute atomic E-state index is 12.9. The van der Waals surface area contributed by atoms with E-state index in [1.807, 2.05) is 0 Å². The Hall–Kier alpha value is -2.47. The Kier molecular flexibility index (Phi) is 4.71. The maximum atomic E-state index is 12.9. The van der Waals surface area contributed by atoms with Crippen molar-refractivity contribution in [1.29, 1.82) is 0 Å². The zero-order valence-electron chi connectivity index (χ0n) is 13.8. The van der Waals surface area contributed by atoms with Crippen LogP contribution in [0.5, 0.6) is 0 Å². The van der Waals surface area contributed by atoms with Crippen LogP contribution in [0.4, 0.5) is 13.2 Å². The first-order valence-corrected chi connectivity index (χ1v) is 8.20. The van der Waals surface area contributed by atoms with E-state index in [0.29, 0.717) is 27.4 Å². The summed E-state index contributed by atoms with van der Waals surface area (Å²) in [4.78, 5) is 11.2. The van der Waals surface area contributed by atoms with E-state index < -0.39 is 17.7 Å². The second-order valence-corrected chi connectivity index (χ2v) is 6.52. The van der Waals surface area contributed by atoms with Gasteiger partial charge in [-0.2, -0.15) is 13.2 Å². The van der Waals surface area contributed by atoms with E-state index in [4.69, 9.17) is 11.6 Å². The first kappa shape index (κ1) is 18.3. The number of nitrogens with zero attached hydrogens (tertiary/aromatic N) is 1. The number of hydrogen-bond acceptors (Lipinski definition) is 1. The summed E-state index contributed by atoms with van der Waals surface area (Å²) in [5.74, 6) is -0.971. The molecule has 1 heterocycles. The number of carboxylic acid groups (broad SMARTS) is 1. The predicted octanol–water partition coefficient (Wildman–Crippen LogP) is 5.30. The van der Waals surface area contributed by atoms with Gasteiger partial charge in [-0.1, -0.05) is 29.8 Å². The second kappa shape index (κ2) is 6.68. The van der Waals surface area contributed by atoms with E-state index >= 15 is 0 Å². The molecule has 0 atom stereocenters. The molecule has 1 aromatic heterocycles. The van der Waals surface area contributed by atoms with Crippen LogP contribution in [0, 0.1) is 6.92 Å². The SMILES string of the molecule is Cc1c(CC(=O)O)c2ccc(Cl)cc2n1Cc1cccc(C(F)(F)F)c1. The van der Waals surface area contributed by atoms with Crippen molar-refractivity contribution in [3.63, 3.8) is 0 Å². The molecule has 26 heavy (non-hydrogen) atoms. The van der Waals surface area contributed by atoms with Gasteiger partial charge in [0.1, 0.15) is 0 Å². The van der Waals surface area contributed by atoms with Gasteiger partial charge < -0.3 is 9.67 Å². The van der Waals surface area contributed by atoms with Crippen LogP contribution >= 0.6 is 11.6 Å². The summed E-state index contributed by atoms with van der Waals surface area (Å²) in [6, 6.07) is 10.2. The van der Waals surface area contributed by atoms with Gasteiger partial charge in [0.15, 0.2) is 0 Å². The Bertz CT molecular complexity index is 992. The summed E-state index contributed by atoms with van der Waals surface area (Å²) in [6.45, 7) is 1.95. The molecule has 0 bridgehead atoms. The molecule has 3 rings (SSSR count). The Morgan fingerprint density at radius 3 is 2.58 bits per heavy atom. The average molecular weight is 382 g/mol. The van der Waals surface area contributed by atoms with Crippen molar-refractivity contribution < 1.29 is 23.1 Å². The quantitative estimate of drug-likeness (QED) is 0.666. The third kappa shape index (κ3) is 3.55. The summed E-state index contributed by atoms with van der Waals surface area (Å²) in [7, 11) is 0. The first-order chi connectivity index (χ1) is 12.2. The third-order valence-corrected chi connectivity index (χ3v) is 4.58. The van der Waals surface area contributed by atoms with Crippen molar-refractivity contribution in [2.45, 2.75) is 26.1 Å². The van der Waals surface area contributed by atoms with Gasteiger partial charge in [0, 0.05) is 22.6 Å². The zero-order chi connectivity index (χ0) is 19.1. The largest absolute Gasteiger partial charge is 0.481 e. The molecule has 0 unspecified atom stereocenters. The molecule has 2 aromatic carbocycles. The molecule has 0 saturated heterocycles. The van der Waals surface area contributed by atoms with E-state index in [9.17, 15) is 23.1 Å². The van der Waals surface area contributed by atoms with Gasteiger partial charge in [0.05, 0.1) is 17.5 Å². The molecular weight excluding hydrogens is 367 g/mol. The zero-order valence-corrected chi connectivity index (χ0v) is 14.5. The minimum absolute atomic E-state index is 0.167. The van der Waals surface area contributed by atoms with E-state index in [1.165, 1.54) is 6.07 Å². The lowest BCUT2D eigenvalue weighted by molar-refractivity contribution is -0.138. The molecule has 3 aromatic rings. The molecule has 0 aliphatic heterocycles. The molecule has 1 N–H and O–H groups in total. The molecule has 0 aliphatic carbocycles. The van der Waals surface area contributed by atoms with Crippen molar-refractivity contribution >= 4 is 28.5 Å². The molecule has 3 nitrogen and oxygen atoms in total. The predicted molar refractivity (Wildman–Crippen MR) is 93.6 cm³/mol. The molecule has 0 fully saturated rings. The molecule has 0 radical (unpaired) electrons. The van der Waals surface area contributed by atoms with Crippen LogP contribution in [-0.4, -0.2) is 15.6 Å².